The highest BCUT2D eigenvalue weighted by atomic mass is 16.5. The van der Waals surface area contributed by atoms with Gasteiger partial charge in [-0.25, -0.2) is 0 Å². The van der Waals surface area contributed by atoms with Crippen LogP contribution in [0.15, 0.2) is 53.3 Å². The van der Waals surface area contributed by atoms with Crippen molar-refractivity contribution < 1.29 is 4.74 Å². The van der Waals surface area contributed by atoms with Crippen LogP contribution in [0, 0.1) is 10.8 Å². The SMILES string of the molecule is COc1ccccc1C1(c2[nH]nc3nc(N4CCC5(CC4)Cc4ccccc4[C@H]5N)[nH]c(=O)c23)CC12CCCC2. The van der Waals surface area contributed by atoms with Gasteiger partial charge in [-0.2, -0.15) is 10.1 Å². The number of hydrogen-bond acceptors (Lipinski definition) is 6. The molecule has 2 aromatic heterocycles. The number of benzene rings is 2. The lowest BCUT2D eigenvalue weighted by atomic mass is 9.73. The summed E-state index contributed by atoms with van der Waals surface area (Å²) in [4.78, 5) is 24.1. The van der Waals surface area contributed by atoms with Gasteiger partial charge in [-0.3, -0.25) is 14.9 Å². The third-order valence-corrected chi connectivity index (χ3v) is 11.0. The summed E-state index contributed by atoms with van der Waals surface area (Å²) in [5.74, 6) is 1.47. The molecule has 2 atom stereocenters. The van der Waals surface area contributed by atoms with Gasteiger partial charge in [0.1, 0.15) is 11.1 Å². The van der Waals surface area contributed by atoms with Crippen LogP contribution in [0.1, 0.15) is 73.4 Å². The molecule has 0 amide bonds. The lowest BCUT2D eigenvalue weighted by molar-refractivity contribution is 0.187. The predicted octanol–water partition coefficient (Wildman–Crippen LogP) is 4.75. The fourth-order valence-electron chi connectivity index (χ4n) is 8.83. The number of ether oxygens (including phenoxy) is 1. The van der Waals surface area contributed by atoms with Crippen molar-refractivity contribution in [1.82, 2.24) is 20.2 Å². The molecule has 40 heavy (non-hydrogen) atoms. The molecule has 3 aliphatic carbocycles. The van der Waals surface area contributed by atoms with Gasteiger partial charge in [0.25, 0.3) is 5.56 Å². The van der Waals surface area contributed by atoms with Crippen LogP contribution < -0.4 is 20.9 Å². The highest BCUT2D eigenvalue weighted by molar-refractivity contribution is 5.81. The smallest absolute Gasteiger partial charge is 0.263 e. The third-order valence-electron chi connectivity index (χ3n) is 11.0. The number of nitrogens with two attached hydrogens (primary N) is 1. The number of methoxy groups -OCH3 is 1. The number of anilines is 1. The Bertz CT molecular complexity index is 1680. The second kappa shape index (κ2) is 8.43. The number of rotatable bonds is 4. The maximum Gasteiger partial charge on any atom is 0.263 e. The number of piperidine rings is 1. The van der Waals surface area contributed by atoms with Crippen molar-refractivity contribution in [2.45, 2.75) is 62.8 Å². The Morgan fingerprint density at radius 2 is 1.77 bits per heavy atom. The largest absolute Gasteiger partial charge is 0.496 e. The molecule has 8 nitrogen and oxygen atoms in total. The highest BCUT2D eigenvalue weighted by Crippen LogP contribution is 2.75. The molecule has 4 N–H and O–H groups in total. The van der Waals surface area contributed by atoms with Crippen LogP contribution in [0.5, 0.6) is 5.75 Å². The van der Waals surface area contributed by atoms with E-state index in [1.54, 1.807) is 7.11 Å². The monoisotopic (exact) mass is 536 g/mol. The Kier molecular flexibility index (Phi) is 5.09. The zero-order valence-electron chi connectivity index (χ0n) is 23.0. The second-order valence-corrected chi connectivity index (χ2v) is 12.7. The van der Waals surface area contributed by atoms with Crippen molar-refractivity contribution in [2.24, 2.45) is 16.6 Å². The van der Waals surface area contributed by atoms with Gasteiger partial charge in [0.05, 0.1) is 12.8 Å². The second-order valence-electron chi connectivity index (χ2n) is 12.7. The normalized spacial score (nSPS) is 26.1. The fraction of sp³-hybridized carbons (Fsp3) is 0.469. The first-order valence-corrected chi connectivity index (χ1v) is 14.7. The molecule has 4 aliphatic rings. The van der Waals surface area contributed by atoms with Crippen LogP contribution in [-0.2, 0) is 11.8 Å². The molecule has 8 rings (SSSR count). The lowest BCUT2D eigenvalue weighted by Crippen LogP contribution is -2.45. The molecule has 0 radical (unpaired) electrons. The summed E-state index contributed by atoms with van der Waals surface area (Å²) in [6.07, 6.45) is 8.69. The van der Waals surface area contributed by atoms with E-state index in [1.165, 1.54) is 24.0 Å². The van der Waals surface area contributed by atoms with Gasteiger partial charge >= 0.3 is 0 Å². The summed E-state index contributed by atoms with van der Waals surface area (Å²) >= 11 is 0. The Balaban J connectivity index is 1.13. The number of nitrogens with zero attached hydrogens (tertiary/aromatic N) is 3. The van der Waals surface area contributed by atoms with Crippen LogP contribution >= 0.6 is 0 Å². The minimum atomic E-state index is -0.313. The van der Waals surface area contributed by atoms with E-state index in [0.29, 0.717) is 17.0 Å². The number of H-pyrrole nitrogens is 2. The van der Waals surface area contributed by atoms with E-state index < -0.39 is 0 Å². The highest BCUT2D eigenvalue weighted by Gasteiger charge is 2.71. The average molecular weight is 537 g/mol. The van der Waals surface area contributed by atoms with Crippen molar-refractivity contribution in [1.29, 1.82) is 0 Å². The van der Waals surface area contributed by atoms with Gasteiger partial charge in [0, 0.05) is 30.1 Å². The van der Waals surface area contributed by atoms with Gasteiger partial charge in [-0.15, -0.1) is 0 Å². The van der Waals surface area contributed by atoms with Gasteiger partial charge in [0.2, 0.25) is 5.95 Å². The summed E-state index contributed by atoms with van der Waals surface area (Å²) in [5, 5.41) is 8.55. The van der Waals surface area contributed by atoms with Gasteiger partial charge in [-0.05, 0) is 66.5 Å². The number of para-hydroxylation sites is 1. The summed E-state index contributed by atoms with van der Waals surface area (Å²) in [6, 6.07) is 16.9. The molecule has 4 aromatic rings. The number of aromatic amines is 2. The van der Waals surface area contributed by atoms with Crippen LogP contribution in [0.3, 0.4) is 0 Å². The molecule has 3 fully saturated rings. The fourth-order valence-corrected chi connectivity index (χ4v) is 8.83. The molecule has 1 aliphatic heterocycles. The van der Waals surface area contributed by atoms with Crippen LogP contribution in [0.25, 0.3) is 11.0 Å². The molecule has 2 aromatic carbocycles. The van der Waals surface area contributed by atoms with E-state index in [-0.39, 0.29) is 27.8 Å². The zero-order chi connectivity index (χ0) is 27.1. The summed E-state index contributed by atoms with van der Waals surface area (Å²) < 4.78 is 5.83. The van der Waals surface area contributed by atoms with Gasteiger partial charge < -0.3 is 15.4 Å². The first-order valence-electron chi connectivity index (χ1n) is 14.7. The molecular formula is C32H36N6O2. The van der Waals surface area contributed by atoms with E-state index in [1.807, 2.05) is 12.1 Å². The van der Waals surface area contributed by atoms with E-state index in [2.05, 4.69) is 56.5 Å². The van der Waals surface area contributed by atoms with Crippen LogP contribution in [0.4, 0.5) is 5.95 Å². The van der Waals surface area contributed by atoms with E-state index in [4.69, 9.17) is 15.5 Å². The van der Waals surface area contributed by atoms with Gasteiger partial charge in [-0.1, -0.05) is 55.3 Å². The molecule has 1 unspecified atom stereocenters. The minimum Gasteiger partial charge on any atom is -0.496 e. The van der Waals surface area contributed by atoms with Crippen molar-refractivity contribution in [3.05, 3.63) is 81.3 Å². The van der Waals surface area contributed by atoms with Crippen molar-refractivity contribution in [3.8, 4) is 5.75 Å². The predicted molar refractivity (Wildman–Crippen MR) is 155 cm³/mol. The van der Waals surface area contributed by atoms with Gasteiger partial charge in [0.15, 0.2) is 5.65 Å². The minimum absolute atomic E-state index is 0.0573. The molecular weight excluding hydrogens is 500 g/mol. The number of aromatic nitrogens is 4. The Morgan fingerprint density at radius 1 is 1.02 bits per heavy atom. The zero-order valence-corrected chi connectivity index (χ0v) is 23.0. The first kappa shape index (κ1) is 24.2. The Hall–Kier alpha value is -3.65. The van der Waals surface area contributed by atoms with Crippen LogP contribution in [-0.4, -0.2) is 40.4 Å². The van der Waals surface area contributed by atoms with E-state index in [9.17, 15) is 4.79 Å². The van der Waals surface area contributed by atoms with E-state index in [0.717, 1.165) is 68.6 Å². The van der Waals surface area contributed by atoms with Crippen molar-refractivity contribution >= 4 is 17.0 Å². The average Bonchev–Trinajstić information content (AvgIpc) is 3.33. The molecule has 0 bridgehead atoms. The third kappa shape index (κ3) is 3.14. The molecule has 206 valence electrons. The standard InChI is InChI=1S/C32H36N6O2/c1-40-23-11-5-4-10-22(23)32(19-31(32)12-6-7-13-31)26-24-27(37-36-26)34-29(35-28(24)39)38-16-14-30(15-17-38)18-20-8-2-3-9-21(20)25(30)33/h2-5,8-11,25H,6-7,12-19,33H2,1H3,(H2,34,35,36,37,39)/t25-,32?/m1/s1. The molecule has 2 spiro atoms. The Labute approximate surface area is 233 Å². The molecule has 2 saturated carbocycles. The summed E-state index contributed by atoms with van der Waals surface area (Å²) in [5.41, 5.74) is 11.8. The number of nitrogens with one attached hydrogen (secondary N) is 2. The summed E-state index contributed by atoms with van der Waals surface area (Å²) in [7, 11) is 1.72. The quantitative estimate of drug-likeness (QED) is 0.347. The molecule has 1 saturated heterocycles. The Morgan fingerprint density at radius 3 is 2.55 bits per heavy atom. The maximum absolute atomic E-state index is 13.8. The van der Waals surface area contributed by atoms with Crippen molar-refractivity contribution in [2.75, 3.05) is 25.1 Å². The number of fused-ring (bicyclic) bond motifs is 2. The van der Waals surface area contributed by atoms with Crippen LogP contribution in [0.2, 0.25) is 0 Å². The van der Waals surface area contributed by atoms with Crippen molar-refractivity contribution in [3.63, 3.8) is 0 Å². The summed E-state index contributed by atoms with van der Waals surface area (Å²) in [6.45, 7) is 1.61. The molecule has 8 heteroatoms. The van der Waals surface area contributed by atoms with E-state index >= 15 is 0 Å². The lowest BCUT2D eigenvalue weighted by Gasteiger charge is -2.42. The molecule has 3 heterocycles. The first-order chi connectivity index (χ1) is 19.5. The maximum atomic E-state index is 13.8. The topological polar surface area (TPSA) is 113 Å². The number of hydrogen-bond donors (Lipinski definition) is 3.